The first-order valence-corrected chi connectivity index (χ1v) is 5.62. The molecule has 1 rings (SSSR count). The van der Waals surface area contributed by atoms with Gasteiger partial charge in [-0.15, -0.1) is 0 Å². The molecule has 0 heterocycles. The van der Waals surface area contributed by atoms with E-state index in [-0.39, 0.29) is 0 Å². The molecule has 0 bridgehead atoms. The minimum atomic E-state index is -0.983. The zero-order valence-electron chi connectivity index (χ0n) is 9.56. The zero-order valence-corrected chi connectivity index (χ0v) is 9.56. The highest BCUT2D eigenvalue weighted by atomic mass is 16.5. The minimum Gasteiger partial charge on any atom is -0.464 e. The van der Waals surface area contributed by atoms with Crippen LogP contribution in [0.1, 0.15) is 25.3 Å². The van der Waals surface area contributed by atoms with Gasteiger partial charge in [-0.1, -0.05) is 30.3 Å². The van der Waals surface area contributed by atoms with E-state index in [0.717, 1.165) is 12.8 Å². The number of rotatable bonds is 6. The Morgan fingerprint density at radius 2 is 2.06 bits per heavy atom. The molecule has 3 nitrogen and oxygen atoms in total. The Morgan fingerprint density at radius 3 is 2.69 bits per heavy atom. The molecular weight excluding hydrogens is 204 g/mol. The van der Waals surface area contributed by atoms with Crippen molar-refractivity contribution in [2.24, 2.45) is 0 Å². The first kappa shape index (κ1) is 12.7. The second kappa shape index (κ2) is 7.01. The number of hydrogen-bond acceptors (Lipinski definition) is 3. The van der Waals surface area contributed by atoms with Crippen LogP contribution < -0.4 is 0 Å². The van der Waals surface area contributed by atoms with Crippen molar-refractivity contribution >= 4 is 5.97 Å². The van der Waals surface area contributed by atoms with Gasteiger partial charge in [-0.05, 0) is 31.7 Å². The smallest absolute Gasteiger partial charge is 0.334 e. The molecule has 16 heavy (non-hydrogen) atoms. The van der Waals surface area contributed by atoms with E-state index in [1.165, 1.54) is 5.56 Å². The highest BCUT2D eigenvalue weighted by molar-refractivity contribution is 5.74. The molecular formula is C13H18O3. The molecule has 0 amide bonds. The van der Waals surface area contributed by atoms with Gasteiger partial charge < -0.3 is 9.84 Å². The Kier molecular flexibility index (Phi) is 5.57. The van der Waals surface area contributed by atoms with Gasteiger partial charge in [0.25, 0.3) is 0 Å². The van der Waals surface area contributed by atoms with Crippen LogP contribution in [0.25, 0.3) is 0 Å². The molecule has 0 unspecified atom stereocenters. The topological polar surface area (TPSA) is 46.5 Å². The first-order chi connectivity index (χ1) is 7.74. The summed E-state index contributed by atoms with van der Waals surface area (Å²) >= 11 is 0. The largest absolute Gasteiger partial charge is 0.464 e. The summed E-state index contributed by atoms with van der Waals surface area (Å²) in [5.41, 5.74) is 1.22. The Hall–Kier alpha value is -1.35. The van der Waals surface area contributed by atoms with Crippen molar-refractivity contribution in [3.8, 4) is 0 Å². The lowest BCUT2D eigenvalue weighted by Gasteiger charge is -2.09. The number of esters is 1. The van der Waals surface area contributed by atoms with E-state index in [1.54, 1.807) is 6.92 Å². The number of carbonyl (C=O) groups is 1. The third kappa shape index (κ3) is 4.45. The number of aliphatic hydroxyl groups excluding tert-OH is 1. The van der Waals surface area contributed by atoms with Crippen LogP contribution >= 0.6 is 0 Å². The summed E-state index contributed by atoms with van der Waals surface area (Å²) in [5.74, 6) is -0.518. The molecule has 0 saturated heterocycles. The fourth-order valence-corrected chi connectivity index (χ4v) is 1.50. The molecule has 1 aromatic carbocycles. The monoisotopic (exact) mass is 222 g/mol. The average Bonchev–Trinajstić information content (AvgIpc) is 2.30. The van der Waals surface area contributed by atoms with E-state index in [1.807, 2.05) is 30.3 Å². The van der Waals surface area contributed by atoms with Crippen molar-refractivity contribution < 1.29 is 14.6 Å². The first-order valence-electron chi connectivity index (χ1n) is 5.62. The highest BCUT2D eigenvalue weighted by Gasteiger charge is 2.14. The predicted molar refractivity (Wildman–Crippen MR) is 62.0 cm³/mol. The Bertz CT molecular complexity index is 308. The molecule has 88 valence electrons. The van der Waals surface area contributed by atoms with Crippen LogP contribution in [0.15, 0.2) is 30.3 Å². The van der Waals surface area contributed by atoms with Gasteiger partial charge in [-0.25, -0.2) is 4.79 Å². The zero-order chi connectivity index (χ0) is 11.8. The fraction of sp³-hybridized carbons (Fsp3) is 0.462. The van der Waals surface area contributed by atoms with Gasteiger partial charge >= 0.3 is 5.97 Å². The average molecular weight is 222 g/mol. The maximum atomic E-state index is 11.1. The summed E-state index contributed by atoms with van der Waals surface area (Å²) in [6.07, 6.45) is 1.12. The van der Waals surface area contributed by atoms with Crippen molar-refractivity contribution in [3.63, 3.8) is 0 Å². The predicted octanol–water partition coefficient (Wildman–Crippen LogP) is 1.93. The van der Waals surface area contributed by atoms with Gasteiger partial charge in [0.2, 0.25) is 0 Å². The Labute approximate surface area is 96.1 Å². The molecule has 0 fully saturated rings. The van der Waals surface area contributed by atoms with Crippen molar-refractivity contribution in [2.75, 3.05) is 6.61 Å². The Morgan fingerprint density at radius 1 is 1.38 bits per heavy atom. The summed E-state index contributed by atoms with van der Waals surface area (Å²) in [7, 11) is 0. The number of ether oxygens (including phenoxy) is 1. The van der Waals surface area contributed by atoms with E-state index in [2.05, 4.69) is 0 Å². The van der Waals surface area contributed by atoms with E-state index >= 15 is 0 Å². The number of aliphatic hydroxyl groups is 1. The molecule has 0 saturated carbocycles. The van der Waals surface area contributed by atoms with Crippen molar-refractivity contribution in [1.82, 2.24) is 0 Å². The second-order valence-electron chi connectivity index (χ2n) is 3.65. The van der Waals surface area contributed by atoms with E-state index in [0.29, 0.717) is 13.0 Å². The van der Waals surface area contributed by atoms with Crippen LogP contribution in [-0.4, -0.2) is 23.8 Å². The molecule has 0 aromatic heterocycles. The standard InChI is InChI=1S/C13H18O3/c1-2-16-13(15)12(14)10-6-9-11-7-4-3-5-8-11/h3-5,7-8,12,14H,2,6,9-10H2,1H3/t12-/m0/s1. The maximum Gasteiger partial charge on any atom is 0.334 e. The molecule has 0 spiro atoms. The number of aryl methyl sites for hydroxylation is 1. The molecule has 3 heteroatoms. The van der Waals surface area contributed by atoms with Crippen LogP contribution in [0.5, 0.6) is 0 Å². The van der Waals surface area contributed by atoms with Crippen molar-refractivity contribution in [2.45, 2.75) is 32.3 Å². The molecule has 0 radical (unpaired) electrons. The SMILES string of the molecule is CCOC(=O)[C@@H](O)CCCc1ccccc1. The second-order valence-corrected chi connectivity index (χ2v) is 3.65. The molecule has 0 aliphatic rings. The van der Waals surface area contributed by atoms with Gasteiger partial charge in [-0.2, -0.15) is 0 Å². The van der Waals surface area contributed by atoms with Crippen LogP contribution in [0.2, 0.25) is 0 Å². The lowest BCUT2D eigenvalue weighted by molar-refractivity contribution is -0.153. The van der Waals surface area contributed by atoms with Crippen LogP contribution in [0, 0.1) is 0 Å². The summed E-state index contributed by atoms with van der Waals surface area (Å²) in [4.78, 5) is 11.1. The summed E-state index contributed by atoms with van der Waals surface area (Å²) in [6, 6.07) is 10.0. The molecule has 1 atom stereocenters. The fourth-order valence-electron chi connectivity index (χ4n) is 1.50. The lowest BCUT2D eigenvalue weighted by atomic mass is 10.1. The number of carbonyl (C=O) groups excluding carboxylic acids is 1. The Balaban J connectivity index is 2.23. The van der Waals surface area contributed by atoms with Gasteiger partial charge in [0.1, 0.15) is 0 Å². The molecule has 1 aromatic rings. The summed E-state index contributed by atoms with van der Waals surface area (Å²) in [5, 5.41) is 9.45. The van der Waals surface area contributed by atoms with Crippen LogP contribution in [-0.2, 0) is 16.0 Å². The van der Waals surface area contributed by atoms with E-state index < -0.39 is 12.1 Å². The molecule has 1 N–H and O–H groups in total. The van der Waals surface area contributed by atoms with Gasteiger partial charge in [0, 0.05) is 0 Å². The van der Waals surface area contributed by atoms with Crippen molar-refractivity contribution in [1.29, 1.82) is 0 Å². The molecule has 0 aliphatic carbocycles. The van der Waals surface area contributed by atoms with Crippen LogP contribution in [0.3, 0.4) is 0 Å². The van der Waals surface area contributed by atoms with Gasteiger partial charge in [0.05, 0.1) is 6.61 Å². The minimum absolute atomic E-state index is 0.314. The summed E-state index contributed by atoms with van der Waals surface area (Å²) < 4.78 is 4.72. The van der Waals surface area contributed by atoms with Crippen molar-refractivity contribution in [3.05, 3.63) is 35.9 Å². The third-order valence-corrected chi connectivity index (χ3v) is 2.34. The number of hydrogen-bond donors (Lipinski definition) is 1. The van der Waals surface area contributed by atoms with E-state index in [9.17, 15) is 9.90 Å². The van der Waals surface area contributed by atoms with E-state index in [4.69, 9.17) is 4.74 Å². The highest BCUT2D eigenvalue weighted by Crippen LogP contribution is 2.07. The third-order valence-electron chi connectivity index (χ3n) is 2.34. The maximum absolute atomic E-state index is 11.1. The lowest BCUT2D eigenvalue weighted by Crippen LogP contribution is -2.23. The molecule has 0 aliphatic heterocycles. The van der Waals surface area contributed by atoms with Gasteiger partial charge in [0.15, 0.2) is 6.10 Å². The number of benzene rings is 1. The normalized spacial score (nSPS) is 12.1. The quantitative estimate of drug-likeness (QED) is 0.748. The van der Waals surface area contributed by atoms with Gasteiger partial charge in [-0.3, -0.25) is 0 Å². The summed E-state index contributed by atoms with van der Waals surface area (Å²) in [6.45, 7) is 2.04. The van der Waals surface area contributed by atoms with Crippen LogP contribution in [0.4, 0.5) is 0 Å².